The van der Waals surface area contributed by atoms with Crippen molar-refractivity contribution in [1.82, 2.24) is 4.57 Å². The molecular weight excluding hydrogens is 398 g/mol. The highest BCUT2D eigenvalue weighted by Gasteiger charge is 2.20. The van der Waals surface area contributed by atoms with Crippen molar-refractivity contribution in [2.24, 2.45) is 0 Å². The van der Waals surface area contributed by atoms with Crippen LogP contribution in [0.3, 0.4) is 0 Å². The van der Waals surface area contributed by atoms with Crippen LogP contribution in [0.15, 0.2) is 91.0 Å². The van der Waals surface area contributed by atoms with Gasteiger partial charge < -0.3 is 4.57 Å². The van der Waals surface area contributed by atoms with E-state index in [1.165, 1.54) is 49.7 Å². The fourth-order valence-corrected chi connectivity index (χ4v) is 4.69. The van der Waals surface area contributed by atoms with Crippen molar-refractivity contribution in [3.8, 4) is 16.8 Å². The Kier molecular flexibility index (Phi) is 4.97. The Labute approximate surface area is 197 Å². The Morgan fingerprint density at radius 1 is 0.485 bits per heavy atom. The Hall–Kier alpha value is -3.32. The first kappa shape index (κ1) is 21.5. The summed E-state index contributed by atoms with van der Waals surface area (Å²) < 4.78 is 2.43. The minimum atomic E-state index is 0.109. The first-order valence-corrected chi connectivity index (χ1v) is 11.9. The number of nitrogens with zero attached hydrogens (tertiary/aromatic N) is 1. The molecule has 0 unspecified atom stereocenters. The third-order valence-corrected chi connectivity index (χ3v) is 6.71. The average Bonchev–Trinajstić information content (AvgIpc) is 3.12. The van der Waals surface area contributed by atoms with E-state index in [1.54, 1.807) is 0 Å². The van der Waals surface area contributed by atoms with Crippen LogP contribution in [-0.2, 0) is 10.8 Å². The second-order valence-electron chi connectivity index (χ2n) is 11.2. The smallest absolute Gasteiger partial charge is 0.0541 e. The second kappa shape index (κ2) is 7.63. The molecular formula is C32H33N. The predicted octanol–water partition coefficient (Wildman–Crippen LogP) is 9.05. The number of hydrogen-bond donors (Lipinski definition) is 0. The third-order valence-electron chi connectivity index (χ3n) is 6.71. The lowest BCUT2D eigenvalue weighted by Crippen LogP contribution is -2.10. The van der Waals surface area contributed by atoms with Gasteiger partial charge >= 0.3 is 0 Å². The molecule has 5 aromatic rings. The summed E-state index contributed by atoms with van der Waals surface area (Å²) >= 11 is 0. The lowest BCUT2D eigenvalue weighted by Gasteiger charge is -2.19. The van der Waals surface area contributed by atoms with Gasteiger partial charge in [-0.15, -0.1) is 0 Å². The van der Waals surface area contributed by atoms with Crippen molar-refractivity contribution >= 4 is 21.8 Å². The van der Waals surface area contributed by atoms with Crippen LogP contribution in [0, 0.1) is 0 Å². The van der Waals surface area contributed by atoms with E-state index in [1.807, 2.05) is 0 Å². The summed E-state index contributed by atoms with van der Waals surface area (Å²) in [7, 11) is 0. The number of fused-ring (bicyclic) bond motifs is 3. The van der Waals surface area contributed by atoms with Gasteiger partial charge in [0.05, 0.1) is 11.0 Å². The van der Waals surface area contributed by atoms with E-state index < -0.39 is 0 Å². The van der Waals surface area contributed by atoms with Crippen LogP contribution in [0.4, 0.5) is 0 Å². The highest BCUT2D eigenvalue weighted by molar-refractivity contribution is 6.10. The summed E-state index contributed by atoms with van der Waals surface area (Å²) in [6, 6.07) is 33.5. The van der Waals surface area contributed by atoms with Crippen LogP contribution in [0.1, 0.15) is 52.7 Å². The van der Waals surface area contributed by atoms with Crippen molar-refractivity contribution < 1.29 is 0 Å². The third kappa shape index (κ3) is 3.86. The first-order chi connectivity index (χ1) is 15.6. The zero-order valence-electron chi connectivity index (χ0n) is 20.6. The zero-order chi connectivity index (χ0) is 23.4. The van der Waals surface area contributed by atoms with Gasteiger partial charge in [0, 0.05) is 16.5 Å². The van der Waals surface area contributed by atoms with Gasteiger partial charge in [-0.3, -0.25) is 0 Å². The number of rotatable bonds is 2. The Morgan fingerprint density at radius 3 is 1.52 bits per heavy atom. The van der Waals surface area contributed by atoms with Crippen molar-refractivity contribution in [2.75, 3.05) is 0 Å². The van der Waals surface area contributed by atoms with Crippen LogP contribution in [-0.4, -0.2) is 4.57 Å². The van der Waals surface area contributed by atoms with Gasteiger partial charge in [0.25, 0.3) is 0 Å². The summed E-state index contributed by atoms with van der Waals surface area (Å²) in [5.74, 6) is 0. The molecule has 0 bridgehead atoms. The maximum Gasteiger partial charge on any atom is 0.0541 e. The van der Waals surface area contributed by atoms with Gasteiger partial charge in [0.1, 0.15) is 0 Å². The van der Waals surface area contributed by atoms with E-state index in [2.05, 4.69) is 137 Å². The van der Waals surface area contributed by atoms with Crippen molar-refractivity contribution in [3.63, 3.8) is 0 Å². The molecule has 5 rings (SSSR count). The molecule has 1 aromatic heterocycles. The van der Waals surface area contributed by atoms with Crippen LogP contribution in [0.2, 0.25) is 0 Å². The summed E-state index contributed by atoms with van der Waals surface area (Å²) in [5, 5.41) is 2.65. The molecule has 1 nitrogen and oxygen atoms in total. The zero-order valence-corrected chi connectivity index (χ0v) is 20.6. The summed E-state index contributed by atoms with van der Waals surface area (Å²) in [6.07, 6.45) is 0. The molecule has 166 valence electrons. The summed E-state index contributed by atoms with van der Waals surface area (Å²) in [4.78, 5) is 0. The normalized spacial score (nSPS) is 12.5. The lowest BCUT2D eigenvalue weighted by molar-refractivity contribution is 0.590. The van der Waals surface area contributed by atoms with Crippen LogP contribution < -0.4 is 0 Å². The van der Waals surface area contributed by atoms with Crippen LogP contribution in [0.5, 0.6) is 0 Å². The second-order valence-corrected chi connectivity index (χ2v) is 11.2. The molecule has 1 heteroatoms. The molecule has 0 amide bonds. The maximum atomic E-state index is 2.43. The number of aromatic nitrogens is 1. The number of benzene rings is 4. The fraction of sp³-hybridized carbons (Fsp3) is 0.250. The molecule has 0 radical (unpaired) electrons. The van der Waals surface area contributed by atoms with Crippen LogP contribution >= 0.6 is 0 Å². The fourth-order valence-electron chi connectivity index (χ4n) is 4.69. The molecule has 0 aliphatic heterocycles. The highest BCUT2D eigenvalue weighted by atomic mass is 15.0. The van der Waals surface area contributed by atoms with Gasteiger partial charge in [0.2, 0.25) is 0 Å². The SMILES string of the molecule is CC(C)(C)c1ccc2c(c1)c1cc(C(C)(C)C)ccc1n2-c1cccc(-c2ccccc2)c1. The maximum absolute atomic E-state index is 2.43. The molecule has 0 saturated heterocycles. The standard InChI is InChI=1S/C32H33N/c1-31(2,3)24-15-17-29-27(20-24)28-21-25(32(4,5)6)16-18-30(28)33(29)26-14-10-13-23(19-26)22-11-8-7-9-12-22/h7-21H,1-6H3. The average molecular weight is 432 g/mol. The van der Waals surface area contributed by atoms with Crippen LogP contribution in [0.25, 0.3) is 38.6 Å². The molecule has 4 aromatic carbocycles. The van der Waals surface area contributed by atoms with Crippen molar-refractivity contribution in [2.45, 2.75) is 52.4 Å². The van der Waals surface area contributed by atoms with Gasteiger partial charge in [-0.2, -0.15) is 0 Å². The van der Waals surface area contributed by atoms with Gasteiger partial charge in [-0.05, 0) is 69.5 Å². The van der Waals surface area contributed by atoms with E-state index in [0.29, 0.717) is 0 Å². The quantitative estimate of drug-likeness (QED) is 0.263. The van der Waals surface area contributed by atoms with E-state index in [4.69, 9.17) is 0 Å². The van der Waals surface area contributed by atoms with E-state index in [-0.39, 0.29) is 10.8 Å². The minimum absolute atomic E-state index is 0.109. The topological polar surface area (TPSA) is 4.93 Å². The van der Waals surface area contributed by atoms with Gasteiger partial charge in [0.15, 0.2) is 0 Å². The predicted molar refractivity (Wildman–Crippen MR) is 144 cm³/mol. The Morgan fingerprint density at radius 2 is 1.00 bits per heavy atom. The van der Waals surface area contributed by atoms with Crippen molar-refractivity contribution in [1.29, 1.82) is 0 Å². The molecule has 0 atom stereocenters. The first-order valence-electron chi connectivity index (χ1n) is 11.9. The van der Waals surface area contributed by atoms with E-state index >= 15 is 0 Å². The molecule has 0 spiro atoms. The lowest BCUT2D eigenvalue weighted by atomic mass is 9.85. The van der Waals surface area contributed by atoms with Gasteiger partial charge in [-0.25, -0.2) is 0 Å². The summed E-state index contributed by atoms with van der Waals surface area (Å²) in [6.45, 7) is 13.7. The molecule has 0 fully saturated rings. The molecule has 0 N–H and O–H groups in total. The van der Waals surface area contributed by atoms with Gasteiger partial charge in [-0.1, -0.05) is 96.1 Å². The van der Waals surface area contributed by atoms with E-state index in [9.17, 15) is 0 Å². The Balaban J connectivity index is 1.82. The molecule has 0 saturated carbocycles. The molecule has 0 aliphatic rings. The minimum Gasteiger partial charge on any atom is -0.309 e. The number of hydrogen-bond acceptors (Lipinski definition) is 0. The van der Waals surface area contributed by atoms with E-state index in [0.717, 1.165) is 0 Å². The Bertz CT molecular complexity index is 1380. The largest absolute Gasteiger partial charge is 0.309 e. The molecule has 1 heterocycles. The molecule has 0 aliphatic carbocycles. The van der Waals surface area contributed by atoms with Crippen molar-refractivity contribution in [3.05, 3.63) is 102 Å². The highest BCUT2D eigenvalue weighted by Crippen LogP contribution is 2.38. The monoisotopic (exact) mass is 431 g/mol. The molecule has 33 heavy (non-hydrogen) atoms. The summed E-state index contributed by atoms with van der Waals surface area (Å²) in [5.41, 5.74) is 9.15.